The van der Waals surface area contributed by atoms with Crippen LogP contribution in [0.2, 0.25) is 0 Å². The van der Waals surface area contributed by atoms with Crippen molar-refractivity contribution in [2.75, 3.05) is 0 Å². The lowest BCUT2D eigenvalue weighted by atomic mass is 9.95. The van der Waals surface area contributed by atoms with Gasteiger partial charge in [-0.2, -0.15) is 0 Å². The molecule has 2 aromatic rings. The molecule has 4 nitrogen and oxygen atoms in total. The second-order valence-electron chi connectivity index (χ2n) is 8.34. The van der Waals surface area contributed by atoms with Crippen LogP contribution >= 0.6 is 0 Å². The summed E-state index contributed by atoms with van der Waals surface area (Å²) >= 11 is 0. The van der Waals surface area contributed by atoms with Gasteiger partial charge in [0, 0.05) is 0 Å². The highest BCUT2D eigenvalue weighted by atomic mass is 32.2. The summed E-state index contributed by atoms with van der Waals surface area (Å²) in [6.07, 6.45) is -0.646. The molecule has 2 N–H and O–H groups in total. The number of hydrogen-bond donors (Lipinski definition) is 1. The largest absolute Gasteiger partial charge is 0.573 e. The normalized spacial score (nSPS) is 18.2. The van der Waals surface area contributed by atoms with Crippen molar-refractivity contribution >= 4 is 21.2 Å². The van der Waals surface area contributed by atoms with E-state index in [1.54, 1.807) is 31.2 Å². The summed E-state index contributed by atoms with van der Waals surface area (Å²) in [5.74, 6) is -0.414. The topological polar surface area (TPSA) is 69.4 Å². The average molecular weight is 437 g/mol. The summed E-state index contributed by atoms with van der Waals surface area (Å²) in [6.45, 7) is 1.61. The molecule has 1 spiro atoms. The third-order valence-electron chi connectivity index (χ3n) is 5.84. The quantitative estimate of drug-likeness (QED) is 0.702. The van der Waals surface area contributed by atoms with Crippen molar-refractivity contribution in [3.05, 3.63) is 64.7 Å². The smallest absolute Gasteiger partial charge is 0.406 e. The number of aryl methyl sites for hydroxylation is 1. The van der Waals surface area contributed by atoms with Crippen LogP contribution in [-0.2, 0) is 15.8 Å². The van der Waals surface area contributed by atoms with E-state index in [1.807, 2.05) is 12.1 Å². The molecular weight excluding hydrogens is 415 g/mol. The van der Waals surface area contributed by atoms with Gasteiger partial charge in [-0.25, -0.2) is 13.6 Å². The molecule has 0 unspecified atom stereocenters. The number of allylic oxidation sites excluding steroid dienone is 2. The van der Waals surface area contributed by atoms with Crippen molar-refractivity contribution in [3.8, 4) is 5.75 Å². The summed E-state index contributed by atoms with van der Waals surface area (Å²) < 4.78 is 64.4. The van der Waals surface area contributed by atoms with E-state index in [2.05, 4.69) is 4.74 Å². The molecule has 0 atom stereocenters. The fourth-order valence-electron chi connectivity index (χ4n) is 4.22. The van der Waals surface area contributed by atoms with Gasteiger partial charge in [-0.05, 0) is 83.6 Å². The first kappa shape index (κ1) is 20.9. The highest BCUT2D eigenvalue weighted by molar-refractivity contribution is 7.88. The maximum absolute atomic E-state index is 12.6. The molecule has 0 radical (unpaired) electrons. The van der Waals surface area contributed by atoms with Crippen molar-refractivity contribution in [3.63, 3.8) is 0 Å². The van der Waals surface area contributed by atoms with E-state index in [0.29, 0.717) is 11.1 Å². The van der Waals surface area contributed by atoms with Gasteiger partial charge in [0.05, 0.1) is 5.75 Å². The van der Waals surface area contributed by atoms with Crippen LogP contribution in [0.15, 0.2) is 42.5 Å². The molecule has 2 aliphatic carbocycles. The fraction of sp³-hybridized carbons (Fsp3) is 0.364. The maximum Gasteiger partial charge on any atom is 0.573 e. The minimum absolute atomic E-state index is 0.195. The molecule has 2 aromatic carbocycles. The van der Waals surface area contributed by atoms with Gasteiger partial charge in [0.25, 0.3) is 0 Å². The van der Waals surface area contributed by atoms with Crippen LogP contribution in [0, 0.1) is 12.3 Å². The van der Waals surface area contributed by atoms with Crippen LogP contribution in [0.25, 0.3) is 11.1 Å². The summed E-state index contributed by atoms with van der Waals surface area (Å²) in [5.41, 5.74) is 5.49. The molecular formula is C22H22F3NO3S. The van der Waals surface area contributed by atoms with Crippen LogP contribution in [0.3, 0.4) is 0 Å². The van der Waals surface area contributed by atoms with Crippen molar-refractivity contribution in [2.24, 2.45) is 10.6 Å². The zero-order chi connectivity index (χ0) is 21.7. The molecule has 30 heavy (non-hydrogen) atoms. The third kappa shape index (κ3) is 4.70. The number of primary sulfonamides is 1. The Hall–Kier alpha value is -2.32. The van der Waals surface area contributed by atoms with Gasteiger partial charge < -0.3 is 4.74 Å². The fourth-order valence-corrected chi connectivity index (χ4v) is 4.88. The lowest BCUT2D eigenvalue weighted by Gasteiger charge is -2.14. The Morgan fingerprint density at radius 3 is 2.07 bits per heavy atom. The molecule has 0 saturated heterocycles. The first-order valence-electron chi connectivity index (χ1n) is 9.62. The molecule has 0 aromatic heterocycles. The van der Waals surface area contributed by atoms with Crippen molar-refractivity contribution in [1.82, 2.24) is 0 Å². The average Bonchev–Trinajstić information content (AvgIpc) is 3.26. The maximum atomic E-state index is 12.6. The monoisotopic (exact) mass is 437 g/mol. The van der Waals surface area contributed by atoms with E-state index >= 15 is 0 Å². The minimum Gasteiger partial charge on any atom is -0.406 e. The molecule has 0 heterocycles. The predicted molar refractivity (Wildman–Crippen MR) is 109 cm³/mol. The first-order chi connectivity index (χ1) is 13.9. The van der Waals surface area contributed by atoms with E-state index < -0.39 is 16.4 Å². The van der Waals surface area contributed by atoms with Gasteiger partial charge in [-0.3, -0.25) is 0 Å². The van der Waals surface area contributed by atoms with Crippen LogP contribution < -0.4 is 9.88 Å². The Kier molecular flexibility index (Phi) is 4.97. The lowest BCUT2D eigenvalue weighted by molar-refractivity contribution is -0.274. The van der Waals surface area contributed by atoms with Crippen molar-refractivity contribution in [1.29, 1.82) is 0 Å². The number of ether oxygens (including phenoxy) is 1. The van der Waals surface area contributed by atoms with Crippen molar-refractivity contribution in [2.45, 2.75) is 44.7 Å². The van der Waals surface area contributed by atoms with Gasteiger partial charge in [-0.1, -0.05) is 30.3 Å². The Balaban J connectivity index is 1.68. The standard InChI is InChI=1S/C22H22F3NO3S/c1-14-10-17(6-7-20(14)29-22(23,24)25)19-12-21(8-9-21)11-18(19)16-4-2-15(3-5-16)13-30(26,27)28/h2-7,10H,8-9,11-13H2,1H3,(H2,26,27,28). The van der Waals surface area contributed by atoms with Crippen LogP contribution in [-0.4, -0.2) is 14.8 Å². The first-order valence-corrected chi connectivity index (χ1v) is 11.3. The highest BCUT2D eigenvalue weighted by Gasteiger charge is 2.48. The number of halogens is 3. The van der Waals surface area contributed by atoms with Crippen LogP contribution in [0.4, 0.5) is 13.2 Å². The molecule has 4 rings (SSSR count). The second-order valence-corrected chi connectivity index (χ2v) is 9.96. The molecule has 1 saturated carbocycles. The van der Waals surface area contributed by atoms with Crippen molar-refractivity contribution < 1.29 is 26.3 Å². The Labute approximate surface area is 173 Å². The van der Waals surface area contributed by atoms with E-state index in [-0.39, 0.29) is 16.9 Å². The van der Waals surface area contributed by atoms with Gasteiger partial charge in [0.15, 0.2) is 0 Å². The number of sulfonamides is 1. The summed E-state index contributed by atoms with van der Waals surface area (Å²) in [5, 5.41) is 5.12. The van der Waals surface area contributed by atoms with Gasteiger partial charge in [0.2, 0.25) is 10.0 Å². The Morgan fingerprint density at radius 1 is 1.00 bits per heavy atom. The molecule has 0 aliphatic heterocycles. The zero-order valence-corrected chi connectivity index (χ0v) is 17.2. The Bertz CT molecular complexity index is 1120. The predicted octanol–water partition coefficient (Wildman–Crippen LogP) is 5.17. The second kappa shape index (κ2) is 7.13. The lowest BCUT2D eigenvalue weighted by Crippen LogP contribution is -2.17. The molecule has 2 aliphatic rings. The minimum atomic E-state index is -4.72. The highest BCUT2D eigenvalue weighted by Crippen LogP contribution is 2.63. The Morgan fingerprint density at radius 2 is 1.57 bits per heavy atom. The van der Waals surface area contributed by atoms with Gasteiger partial charge in [0.1, 0.15) is 5.75 Å². The molecule has 160 valence electrons. The molecule has 8 heteroatoms. The number of rotatable bonds is 5. The van der Waals surface area contributed by atoms with Crippen LogP contribution in [0.5, 0.6) is 5.75 Å². The number of hydrogen-bond acceptors (Lipinski definition) is 3. The summed E-state index contributed by atoms with van der Waals surface area (Å²) in [6, 6.07) is 12.1. The molecule has 0 amide bonds. The SMILES string of the molecule is Cc1cc(C2=C(c3ccc(CS(N)(=O)=O)cc3)CC3(CC3)C2)ccc1OC(F)(F)F. The zero-order valence-electron chi connectivity index (χ0n) is 16.4. The van der Waals surface area contributed by atoms with E-state index in [1.165, 1.54) is 11.6 Å². The van der Waals surface area contributed by atoms with Gasteiger partial charge in [-0.15, -0.1) is 13.2 Å². The number of benzene rings is 2. The van der Waals surface area contributed by atoms with Gasteiger partial charge >= 0.3 is 6.36 Å². The van der Waals surface area contributed by atoms with Crippen LogP contribution in [0.1, 0.15) is 47.9 Å². The van der Waals surface area contributed by atoms with E-state index in [0.717, 1.165) is 42.4 Å². The third-order valence-corrected chi connectivity index (χ3v) is 6.58. The summed E-state index contributed by atoms with van der Waals surface area (Å²) in [7, 11) is -3.60. The summed E-state index contributed by atoms with van der Waals surface area (Å²) in [4.78, 5) is 0. The number of alkyl halides is 3. The molecule has 1 fully saturated rings. The van der Waals surface area contributed by atoms with E-state index in [9.17, 15) is 21.6 Å². The number of nitrogens with two attached hydrogens (primary N) is 1. The van der Waals surface area contributed by atoms with E-state index in [4.69, 9.17) is 5.14 Å². The molecule has 0 bridgehead atoms.